The van der Waals surface area contributed by atoms with Gasteiger partial charge in [-0.15, -0.1) is 11.8 Å². The van der Waals surface area contributed by atoms with Crippen molar-refractivity contribution in [3.63, 3.8) is 0 Å². The summed E-state index contributed by atoms with van der Waals surface area (Å²) < 4.78 is 0. The quantitative estimate of drug-likeness (QED) is 0.522. The Kier molecular flexibility index (Phi) is 7.97. The standard InChI is InChI=1S/C26H33ClN2OS/c1-18(20-5-3-2-4-6-20)29-26(30)22-9-7-19(8-10-22)17-31-25-23-14-16-28-15-13-21(23)11-12-24(25)27/h7-12,18,20,28H,2-6,13-17H2,1H3,(H,29,30)/t18-/m1/s1. The molecule has 4 rings (SSSR count). The van der Waals surface area contributed by atoms with Crippen LogP contribution in [0.2, 0.25) is 5.02 Å². The average Bonchev–Trinajstić information content (AvgIpc) is 3.05. The zero-order valence-corrected chi connectivity index (χ0v) is 20.0. The maximum atomic E-state index is 12.7. The van der Waals surface area contributed by atoms with Crippen LogP contribution in [0.25, 0.3) is 0 Å². The Morgan fingerprint density at radius 2 is 1.84 bits per heavy atom. The summed E-state index contributed by atoms with van der Waals surface area (Å²) in [5, 5.41) is 7.54. The highest BCUT2D eigenvalue weighted by molar-refractivity contribution is 7.98. The van der Waals surface area contributed by atoms with Crippen LogP contribution < -0.4 is 10.6 Å². The molecule has 1 atom stereocenters. The van der Waals surface area contributed by atoms with Crippen molar-refractivity contribution < 1.29 is 4.79 Å². The molecule has 0 spiro atoms. The Bertz CT molecular complexity index is 893. The number of nitrogens with one attached hydrogen (secondary N) is 2. The molecule has 0 radical (unpaired) electrons. The van der Waals surface area contributed by atoms with Gasteiger partial charge in [0, 0.05) is 22.3 Å². The van der Waals surface area contributed by atoms with Crippen LogP contribution in [0.15, 0.2) is 41.3 Å². The van der Waals surface area contributed by atoms with Gasteiger partial charge in [0.25, 0.3) is 5.91 Å². The summed E-state index contributed by atoms with van der Waals surface area (Å²) in [7, 11) is 0. The second kappa shape index (κ2) is 10.9. The lowest BCUT2D eigenvalue weighted by molar-refractivity contribution is 0.0919. The van der Waals surface area contributed by atoms with Crippen molar-refractivity contribution in [3.8, 4) is 0 Å². The molecule has 0 aromatic heterocycles. The third-order valence-electron chi connectivity index (χ3n) is 6.75. The first-order valence-corrected chi connectivity index (χ1v) is 13.0. The summed E-state index contributed by atoms with van der Waals surface area (Å²) in [5.41, 5.74) is 4.77. The molecule has 0 unspecified atom stereocenters. The Morgan fingerprint density at radius 1 is 1.10 bits per heavy atom. The Hall–Kier alpha value is -1.49. The van der Waals surface area contributed by atoms with Crippen LogP contribution in [-0.2, 0) is 18.6 Å². The topological polar surface area (TPSA) is 41.1 Å². The van der Waals surface area contributed by atoms with E-state index in [0.717, 1.165) is 42.3 Å². The van der Waals surface area contributed by atoms with E-state index < -0.39 is 0 Å². The largest absolute Gasteiger partial charge is 0.349 e. The number of fused-ring (bicyclic) bond motifs is 1. The number of hydrogen-bond acceptors (Lipinski definition) is 3. The molecule has 1 heterocycles. The summed E-state index contributed by atoms with van der Waals surface area (Å²) >= 11 is 8.37. The molecule has 1 amide bonds. The van der Waals surface area contributed by atoms with Gasteiger partial charge in [0.1, 0.15) is 0 Å². The highest BCUT2D eigenvalue weighted by Crippen LogP contribution is 2.36. The van der Waals surface area contributed by atoms with Gasteiger partial charge in [-0.25, -0.2) is 0 Å². The van der Waals surface area contributed by atoms with E-state index >= 15 is 0 Å². The van der Waals surface area contributed by atoms with Crippen molar-refractivity contribution in [3.05, 3.63) is 63.7 Å². The van der Waals surface area contributed by atoms with Crippen LogP contribution in [0.5, 0.6) is 0 Å². The summed E-state index contributed by atoms with van der Waals surface area (Å²) in [4.78, 5) is 13.9. The molecule has 1 fully saturated rings. The number of hydrogen-bond donors (Lipinski definition) is 2. The van der Waals surface area contributed by atoms with Crippen LogP contribution >= 0.6 is 23.4 Å². The van der Waals surface area contributed by atoms with Crippen molar-refractivity contribution in [1.29, 1.82) is 0 Å². The lowest BCUT2D eigenvalue weighted by Gasteiger charge is -2.28. The first kappa shape index (κ1) is 22.7. The second-order valence-corrected chi connectivity index (χ2v) is 10.3. The average molecular weight is 457 g/mol. The molecule has 1 aliphatic heterocycles. The van der Waals surface area contributed by atoms with Gasteiger partial charge in [-0.05, 0) is 86.5 Å². The fraction of sp³-hybridized carbons (Fsp3) is 0.500. The van der Waals surface area contributed by atoms with Crippen molar-refractivity contribution in [2.45, 2.75) is 68.6 Å². The minimum absolute atomic E-state index is 0.0428. The highest BCUT2D eigenvalue weighted by atomic mass is 35.5. The first-order chi connectivity index (χ1) is 15.1. The third kappa shape index (κ3) is 5.85. The van der Waals surface area contributed by atoms with Gasteiger partial charge >= 0.3 is 0 Å². The number of benzene rings is 2. The van der Waals surface area contributed by atoms with Crippen molar-refractivity contribution in [1.82, 2.24) is 10.6 Å². The Morgan fingerprint density at radius 3 is 2.61 bits per heavy atom. The number of halogens is 1. The van der Waals surface area contributed by atoms with Crippen LogP contribution in [-0.4, -0.2) is 25.0 Å². The molecule has 2 aliphatic rings. The number of amides is 1. The molecule has 0 bridgehead atoms. The van der Waals surface area contributed by atoms with E-state index in [0.29, 0.717) is 5.92 Å². The smallest absolute Gasteiger partial charge is 0.251 e. The minimum atomic E-state index is 0.0428. The van der Waals surface area contributed by atoms with E-state index in [9.17, 15) is 4.79 Å². The van der Waals surface area contributed by atoms with Crippen molar-refractivity contribution in [2.75, 3.05) is 13.1 Å². The molecule has 2 N–H and O–H groups in total. The van der Waals surface area contributed by atoms with Crippen molar-refractivity contribution in [2.24, 2.45) is 5.92 Å². The fourth-order valence-electron chi connectivity index (χ4n) is 4.82. The Balaban J connectivity index is 1.36. The first-order valence-electron chi connectivity index (χ1n) is 11.7. The normalized spacial score (nSPS) is 18.1. The van der Waals surface area contributed by atoms with E-state index in [1.54, 1.807) is 0 Å². The molecule has 31 heavy (non-hydrogen) atoms. The maximum absolute atomic E-state index is 12.7. The fourth-order valence-corrected chi connectivity index (χ4v) is 6.27. The van der Waals surface area contributed by atoms with E-state index in [1.165, 1.54) is 53.7 Å². The number of thioether (sulfide) groups is 1. The second-order valence-electron chi connectivity index (χ2n) is 8.91. The van der Waals surface area contributed by atoms with Crippen LogP contribution in [0.1, 0.15) is 66.1 Å². The Labute approximate surface area is 195 Å². The lowest BCUT2D eigenvalue weighted by Crippen LogP contribution is -2.38. The van der Waals surface area contributed by atoms with Crippen LogP contribution in [0.4, 0.5) is 0 Å². The van der Waals surface area contributed by atoms with Gasteiger partial charge in [-0.1, -0.05) is 49.1 Å². The van der Waals surface area contributed by atoms with Gasteiger partial charge in [-0.3, -0.25) is 4.79 Å². The number of rotatable bonds is 6. The van der Waals surface area contributed by atoms with Gasteiger partial charge < -0.3 is 10.6 Å². The summed E-state index contributed by atoms with van der Waals surface area (Å²) in [6.45, 7) is 4.19. The predicted octanol–water partition coefficient (Wildman–Crippen LogP) is 6.02. The SMILES string of the molecule is C[C@@H](NC(=O)c1ccc(CSc2c(Cl)ccc3c2CCNCC3)cc1)C1CCCCC1. The summed E-state index contributed by atoms with van der Waals surface area (Å²) in [6.07, 6.45) is 8.48. The summed E-state index contributed by atoms with van der Waals surface area (Å²) in [6, 6.07) is 12.5. The maximum Gasteiger partial charge on any atom is 0.251 e. The zero-order valence-electron chi connectivity index (χ0n) is 18.4. The van der Waals surface area contributed by atoms with Gasteiger partial charge in [0.15, 0.2) is 0 Å². The minimum Gasteiger partial charge on any atom is -0.349 e. The van der Waals surface area contributed by atoms with E-state index in [1.807, 2.05) is 30.0 Å². The third-order valence-corrected chi connectivity index (χ3v) is 8.41. The van der Waals surface area contributed by atoms with E-state index in [-0.39, 0.29) is 11.9 Å². The molecule has 166 valence electrons. The van der Waals surface area contributed by atoms with Crippen LogP contribution in [0.3, 0.4) is 0 Å². The number of carbonyl (C=O) groups is 1. The van der Waals surface area contributed by atoms with Gasteiger partial charge in [0.05, 0.1) is 5.02 Å². The van der Waals surface area contributed by atoms with E-state index in [4.69, 9.17) is 11.6 Å². The molecule has 5 heteroatoms. The number of carbonyl (C=O) groups excluding carboxylic acids is 1. The molecule has 3 nitrogen and oxygen atoms in total. The molecular formula is C26H33ClN2OS. The van der Waals surface area contributed by atoms with Gasteiger partial charge in [-0.2, -0.15) is 0 Å². The van der Waals surface area contributed by atoms with E-state index in [2.05, 4.69) is 35.8 Å². The van der Waals surface area contributed by atoms with Gasteiger partial charge in [0.2, 0.25) is 0 Å². The summed E-state index contributed by atoms with van der Waals surface area (Å²) in [5.74, 6) is 1.51. The molecule has 1 saturated carbocycles. The molecule has 2 aromatic carbocycles. The zero-order chi connectivity index (χ0) is 21.6. The molecule has 2 aromatic rings. The lowest BCUT2D eigenvalue weighted by atomic mass is 9.84. The molecule has 1 aliphatic carbocycles. The van der Waals surface area contributed by atoms with Crippen LogP contribution in [0, 0.1) is 5.92 Å². The molecular weight excluding hydrogens is 424 g/mol. The monoisotopic (exact) mass is 456 g/mol. The molecule has 0 saturated heterocycles. The van der Waals surface area contributed by atoms with Crippen molar-refractivity contribution >= 4 is 29.3 Å². The highest BCUT2D eigenvalue weighted by Gasteiger charge is 2.22. The predicted molar refractivity (Wildman–Crippen MR) is 131 cm³/mol.